The van der Waals surface area contributed by atoms with E-state index in [1.165, 1.54) is 18.2 Å². The van der Waals surface area contributed by atoms with Crippen LogP contribution in [-0.4, -0.2) is 32.0 Å². The van der Waals surface area contributed by atoms with Gasteiger partial charge in [-0.1, -0.05) is 20.8 Å². The van der Waals surface area contributed by atoms with Gasteiger partial charge in [0.2, 0.25) is 0 Å². The van der Waals surface area contributed by atoms with Gasteiger partial charge in [0.25, 0.3) is 0 Å². The first kappa shape index (κ1) is 18.5. The molecule has 2 rings (SSSR count). The van der Waals surface area contributed by atoms with Crippen molar-refractivity contribution in [2.45, 2.75) is 39.0 Å². The van der Waals surface area contributed by atoms with E-state index in [1.54, 1.807) is 27.7 Å². The van der Waals surface area contributed by atoms with Crippen LogP contribution in [0.2, 0.25) is 0 Å². The van der Waals surface area contributed by atoms with E-state index >= 15 is 0 Å². The van der Waals surface area contributed by atoms with Gasteiger partial charge in [-0.15, -0.1) is 0 Å². The Balaban J connectivity index is 2.48. The minimum atomic E-state index is -3.39. The van der Waals surface area contributed by atoms with Gasteiger partial charge in [0.05, 0.1) is 4.90 Å². The molecule has 2 unspecified atom stereocenters. The van der Waals surface area contributed by atoms with Crippen LogP contribution in [0.15, 0.2) is 23.1 Å². The third-order valence-electron chi connectivity index (χ3n) is 4.67. The third-order valence-corrected chi connectivity index (χ3v) is 5.78. The van der Waals surface area contributed by atoms with Crippen molar-refractivity contribution < 1.29 is 22.8 Å². The van der Waals surface area contributed by atoms with Crippen LogP contribution in [0.5, 0.6) is 0 Å². The van der Waals surface area contributed by atoms with Gasteiger partial charge in [-0.2, -0.15) is 0 Å². The number of benzene rings is 1. The second-order valence-corrected chi connectivity index (χ2v) is 9.32. The first-order chi connectivity index (χ1) is 10.9. The number of carbonyl (C=O) groups excluding carboxylic acids is 3. The first-order valence-electron chi connectivity index (χ1n) is 7.79. The van der Waals surface area contributed by atoms with Gasteiger partial charge < -0.3 is 0 Å². The molecular formula is C18H22O5S. The molecule has 130 valence electrons. The van der Waals surface area contributed by atoms with Crippen LogP contribution in [0.3, 0.4) is 0 Å². The Hall–Kier alpha value is -1.82. The number of ketones is 3. The number of aryl methyl sites for hydroxylation is 1. The molecule has 0 spiro atoms. The lowest BCUT2D eigenvalue weighted by atomic mass is 9.64. The van der Waals surface area contributed by atoms with Crippen molar-refractivity contribution in [3.8, 4) is 0 Å². The van der Waals surface area contributed by atoms with E-state index in [4.69, 9.17) is 0 Å². The molecular weight excluding hydrogens is 328 g/mol. The molecule has 0 aliphatic heterocycles. The summed E-state index contributed by atoms with van der Waals surface area (Å²) in [4.78, 5) is 38.0. The number of Topliss-reactive ketones (excluding diaryl/α,β-unsaturated/α-hetero) is 3. The lowest BCUT2D eigenvalue weighted by Gasteiger charge is -2.35. The molecule has 0 N–H and O–H groups in total. The molecule has 24 heavy (non-hydrogen) atoms. The highest BCUT2D eigenvalue weighted by atomic mass is 32.2. The lowest BCUT2D eigenvalue weighted by Crippen LogP contribution is -2.48. The van der Waals surface area contributed by atoms with Gasteiger partial charge in [-0.25, -0.2) is 8.42 Å². The summed E-state index contributed by atoms with van der Waals surface area (Å²) in [5, 5.41) is 0. The number of carbonyl (C=O) groups is 3. The van der Waals surface area contributed by atoms with Gasteiger partial charge in [0, 0.05) is 23.2 Å². The quantitative estimate of drug-likeness (QED) is 0.617. The van der Waals surface area contributed by atoms with Crippen molar-refractivity contribution in [1.82, 2.24) is 0 Å². The summed E-state index contributed by atoms with van der Waals surface area (Å²) in [5.41, 5.74) is -0.0626. The highest BCUT2D eigenvalue weighted by molar-refractivity contribution is 7.90. The van der Waals surface area contributed by atoms with Gasteiger partial charge in [-0.3, -0.25) is 14.4 Å². The van der Waals surface area contributed by atoms with Crippen LogP contribution in [0, 0.1) is 24.2 Å². The second kappa shape index (κ2) is 5.92. The molecule has 1 aliphatic carbocycles. The zero-order valence-electron chi connectivity index (χ0n) is 14.5. The minimum absolute atomic E-state index is 0.103. The Bertz CT molecular complexity index is 833. The van der Waals surface area contributed by atoms with Crippen LogP contribution >= 0.6 is 0 Å². The second-order valence-electron chi connectivity index (χ2n) is 7.30. The monoisotopic (exact) mass is 350 g/mol. The number of sulfone groups is 1. The van der Waals surface area contributed by atoms with E-state index in [0.717, 1.165) is 6.26 Å². The van der Waals surface area contributed by atoms with Gasteiger partial charge in [0.15, 0.2) is 27.2 Å². The van der Waals surface area contributed by atoms with E-state index in [-0.39, 0.29) is 27.9 Å². The maximum atomic E-state index is 12.8. The summed E-state index contributed by atoms with van der Waals surface area (Å²) in [6.45, 7) is 6.83. The topological polar surface area (TPSA) is 85.3 Å². The fourth-order valence-corrected chi connectivity index (χ4v) is 4.02. The summed E-state index contributed by atoms with van der Waals surface area (Å²) in [7, 11) is -3.39. The standard InChI is InChI=1S/C18H22O5S/c1-10-8-12(24(5,22)23)6-7-13(10)16(20)14-15(19)11(2)9-18(3,4)17(14)21/h6-8,11,14H,9H2,1-5H3. The zero-order valence-corrected chi connectivity index (χ0v) is 15.4. The van der Waals surface area contributed by atoms with Crippen molar-refractivity contribution in [2.24, 2.45) is 17.3 Å². The predicted molar refractivity (Wildman–Crippen MR) is 89.7 cm³/mol. The third kappa shape index (κ3) is 3.20. The van der Waals surface area contributed by atoms with E-state index in [2.05, 4.69) is 0 Å². The highest BCUT2D eigenvalue weighted by Gasteiger charge is 2.49. The fourth-order valence-electron chi connectivity index (χ4n) is 3.32. The van der Waals surface area contributed by atoms with E-state index < -0.39 is 27.0 Å². The molecule has 1 aromatic carbocycles. The Kier molecular flexibility index (Phi) is 4.57. The summed E-state index contributed by atoms with van der Waals surface area (Å²) >= 11 is 0. The first-order valence-corrected chi connectivity index (χ1v) is 9.68. The molecule has 0 aromatic heterocycles. The van der Waals surface area contributed by atoms with Crippen LogP contribution in [0.1, 0.15) is 43.1 Å². The molecule has 0 saturated heterocycles. The molecule has 1 saturated carbocycles. The van der Waals surface area contributed by atoms with E-state index in [9.17, 15) is 22.8 Å². The number of rotatable bonds is 3. The Morgan fingerprint density at radius 1 is 1.21 bits per heavy atom. The molecule has 5 nitrogen and oxygen atoms in total. The van der Waals surface area contributed by atoms with Crippen LogP contribution in [0.25, 0.3) is 0 Å². The molecule has 0 heterocycles. The normalized spacial score (nSPS) is 24.0. The zero-order chi connectivity index (χ0) is 18.4. The molecule has 1 fully saturated rings. The van der Waals surface area contributed by atoms with Crippen molar-refractivity contribution in [3.63, 3.8) is 0 Å². The van der Waals surface area contributed by atoms with Crippen LogP contribution in [0.4, 0.5) is 0 Å². The highest BCUT2D eigenvalue weighted by Crippen LogP contribution is 2.38. The van der Waals surface area contributed by atoms with Crippen molar-refractivity contribution in [1.29, 1.82) is 0 Å². The summed E-state index contributed by atoms with van der Waals surface area (Å²) in [6.07, 6.45) is 1.52. The number of hydrogen-bond acceptors (Lipinski definition) is 5. The van der Waals surface area contributed by atoms with Crippen LogP contribution < -0.4 is 0 Å². The van der Waals surface area contributed by atoms with Gasteiger partial charge in [0.1, 0.15) is 5.92 Å². The largest absolute Gasteiger partial charge is 0.298 e. The summed E-state index contributed by atoms with van der Waals surface area (Å²) < 4.78 is 23.2. The predicted octanol–water partition coefficient (Wildman–Crippen LogP) is 2.40. The molecule has 2 atom stereocenters. The van der Waals surface area contributed by atoms with Gasteiger partial charge in [-0.05, 0) is 37.1 Å². The van der Waals surface area contributed by atoms with Gasteiger partial charge >= 0.3 is 0 Å². The van der Waals surface area contributed by atoms with Crippen molar-refractivity contribution >= 4 is 27.2 Å². The van der Waals surface area contributed by atoms with Crippen LogP contribution in [-0.2, 0) is 19.4 Å². The molecule has 1 aliphatic rings. The molecule has 0 radical (unpaired) electrons. The summed E-state index contributed by atoms with van der Waals surface area (Å²) in [5.74, 6) is -2.91. The summed E-state index contributed by atoms with van der Waals surface area (Å²) in [6, 6.07) is 4.12. The fraction of sp³-hybridized carbons (Fsp3) is 0.500. The Morgan fingerprint density at radius 3 is 2.29 bits per heavy atom. The van der Waals surface area contributed by atoms with Crippen molar-refractivity contribution in [2.75, 3.05) is 6.26 Å². The average Bonchev–Trinajstić information content (AvgIpc) is 2.44. The van der Waals surface area contributed by atoms with E-state index in [1.807, 2.05) is 0 Å². The number of hydrogen-bond donors (Lipinski definition) is 0. The SMILES string of the molecule is Cc1cc(S(C)(=O)=O)ccc1C(=O)C1C(=O)C(C)CC(C)(C)C1=O. The maximum absolute atomic E-state index is 12.8. The minimum Gasteiger partial charge on any atom is -0.298 e. The molecule has 0 amide bonds. The van der Waals surface area contributed by atoms with Crippen molar-refractivity contribution in [3.05, 3.63) is 29.3 Å². The van der Waals surface area contributed by atoms with E-state index in [0.29, 0.717) is 12.0 Å². The molecule has 1 aromatic rings. The Labute approximate surface area is 142 Å². The molecule has 6 heteroatoms. The average molecular weight is 350 g/mol. The smallest absolute Gasteiger partial charge is 0.181 e. The lowest BCUT2D eigenvalue weighted by molar-refractivity contribution is -0.143. The maximum Gasteiger partial charge on any atom is 0.181 e. The molecule has 0 bridgehead atoms. The Morgan fingerprint density at radius 2 is 1.79 bits per heavy atom.